The number of benzene rings is 1. The van der Waals surface area contributed by atoms with Gasteiger partial charge in [0.1, 0.15) is 17.4 Å². The molecule has 0 radical (unpaired) electrons. The molecule has 0 unspecified atom stereocenters. The minimum Gasteiger partial charge on any atom is -0.507 e. The Bertz CT molecular complexity index is 441. The first-order valence-electron chi connectivity index (χ1n) is 5.39. The van der Waals surface area contributed by atoms with Crippen LogP contribution in [-0.4, -0.2) is 33.5 Å². The molecule has 0 spiro atoms. The molecule has 5 heteroatoms. The molecule has 1 aromatic rings. The summed E-state index contributed by atoms with van der Waals surface area (Å²) in [5.41, 5.74) is 0.699. The van der Waals surface area contributed by atoms with Crippen molar-refractivity contribution in [2.24, 2.45) is 0 Å². The molecule has 1 heterocycles. The molecule has 0 amide bonds. The van der Waals surface area contributed by atoms with Gasteiger partial charge in [0.2, 0.25) is 0 Å². The largest absolute Gasteiger partial charge is 0.507 e. The number of phenolic OH excluding ortho intramolecular Hbond substituents is 1. The third-order valence-electron chi connectivity index (χ3n) is 2.89. The summed E-state index contributed by atoms with van der Waals surface area (Å²) < 4.78 is 5.06. The predicted molar refractivity (Wildman–Crippen MR) is 58.6 cm³/mol. The van der Waals surface area contributed by atoms with Gasteiger partial charge in [-0.1, -0.05) is 12.1 Å². The van der Waals surface area contributed by atoms with Gasteiger partial charge in [-0.2, -0.15) is 0 Å². The van der Waals surface area contributed by atoms with Gasteiger partial charge < -0.3 is 20.1 Å². The maximum Gasteiger partial charge on any atom is 0.342 e. The van der Waals surface area contributed by atoms with Crippen molar-refractivity contribution in [3.63, 3.8) is 0 Å². The average molecular weight is 238 g/mol. The Hall–Kier alpha value is -1.59. The second-order valence-electron chi connectivity index (χ2n) is 4.18. The minimum absolute atomic E-state index is 0.111. The van der Waals surface area contributed by atoms with E-state index in [0.717, 1.165) is 0 Å². The summed E-state index contributed by atoms with van der Waals surface area (Å²) in [7, 11) is 0. The fourth-order valence-corrected chi connectivity index (χ4v) is 1.89. The molecule has 5 nitrogen and oxygen atoms in total. The fourth-order valence-electron chi connectivity index (χ4n) is 1.89. The molecule has 0 aromatic heterocycles. The smallest absolute Gasteiger partial charge is 0.342 e. The minimum atomic E-state index is -0.971. The van der Waals surface area contributed by atoms with Crippen LogP contribution in [0.2, 0.25) is 0 Å². The van der Waals surface area contributed by atoms with Crippen molar-refractivity contribution in [1.82, 2.24) is 0 Å². The van der Waals surface area contributed by atoms with Crippen LogP contribution in [0.4, 0.5) is 0 Å². The third-order valence-corrected chi connectivity index (χ3v) is 2.89. The summed E-state index contributed by atoms with van der Waals surface area (Å²) in [6.45, 7) is 1.46. The average Bonchev–Trinajstić information content (AvgIpc) is 2.57. The van der Waals surface area contributed by atoms with Gasteiger partial charge in [0, 0.05) is 12.0 Å². The second-order valence-corrected chi connectivity index (χ2v) is 4.18. The van der Waals surface area contributed by atoms with Gasteiger partial charge in [-0.15, -0.1) is 0 Å². The maximum atomic E-state index is 11.5. The van der Waals surface area contributed by atoms with Crippen LogP contribution >= 0.6 is 0 Å². The zero-order valence-corrected chi connectivity index (χ0v) is 9.33. The molecular formula is C12H14O5. The summed E-state index contributed by atoms with van der Waals surface area (Å²) in [6.07, 6.45) is -2.37. The molecule has 3 atom stereocenters. The first-order valence-corrected chi connectivity index (χ1v) is 5.39. The Labute approximate surface area is 98.3 Å². The SMILES string of the molecule is C[C@@H](O)[C@@H](O)C[C@H]1OC(=O)c2c(O)cccc21. The number of carbonyl (C=O) groups is 1. The van der Waals surface area contributed by atoms with Gasteiger partial charge in [-0.25, -0.2) is 4.79 Å². The summed E-state index contributed by atoms with van der Waals surface area (Å²) >= 11 is 0. The number of hydrogen-bond donors (Lipinski definition) is 3. The summed E-state index contributed by atoms with van der Waals surface area (Å²) in [6, 6.07) is 4.69. The number of phenols is 1. The Morgan fingerprint density at radius 3 is 2.76 bits per heavy atom. The Morgan fingerprint density at radius 1 is 1.41 bits per heavy atom. The molecule has 92 valence electrons. The highest BCUT2D eigenvalue weighted by Gasteiger charge is 2.35. The quantitative estimate of drug-likeness (QED) is 0.676. The molecule has 2 rings (SSSR count). The third kappa shape index (κ3) is 2.11. The number of aliphatic hydroxyl groups is 2. The lowest BCUT2D eigenvalue weighted by Crippen LogP contribution is -2.24. The van der Waals surface area contributed by atoms with E-state index in [1.807, 2.05) is 0 Å². The Kier molecular flexibility index (Phi) is 3.04. The lowest BCUT2D eigenvalue weighted by molar-refractivity contribution is -0.0128. The molecule has 0 saturated carbocycles. The van der Waals surface area contributed by atoms with Gasteiger partial charge in [-0.3, -0.25) is 0 Å². The Morgan fingerprint density at radius 2 is 2.12 bits per heavy atom. The molecule has 0 bridgehead atoms. The van der Waals surface area contributed by atoms with Crippen molar-refractivity contribution >= 4 is 5.97 Å². The number of rotatable bonds is 3. The number of cyclic esters (lactones) is 1. The summed E-state index contributed by atoms with van der Waals surface area (Å²) in [5, 5.41) is 28.3. The van der Waals surface area contributed by atoms with Crippen molar-refractivity contribution in [2.45, 2.75) is 31.7 Å². The number of esters is 1. The van der Waals surface area contributed by atoms with Gasteiger partial charge in [0.25, 0.3) is 0 Å². The van der Waals surface area contributed by atoms with Crippen LogP contribution in [0.3, 0.4) is 0 Å². The molecular weight excluding hydrogens is 224 g/mol. The number of hydrogen-bond acceptors (Lipinski definition) is 5. The number of fused-ring (bicyclic) bond motifs is 1. The summed E-state index contributed by atoms with van der Waals surface area (Å²) in [5.74, 6) is -0.720. The normalized spacial score (nSPS) is 21.8. The van der Waals surface area contributed by atoms with Crippen LogP contribution in [0.15, 0.2) is 18.2 Å². The van der Waals surface area contributed by atoms with E-state index in [1.54, 1.807) is 12.1 Å². The van der Waals surface area contributed by atoms with E-state index < -0.39 is 24.3 Å². The van der Waals surface area contributed by atoms with Gasteiger partial charge in [-0.05, 0) is 13.0 Å². The molecule has 0 aliphatic carbocycles. The van der Waals surface area contributed by atoms with Crippen molar-refractivity contribution in [2.75, 3.05) is 0 Å². The Balaban J connectivity index is 2.26. The summed E-state index contributed by atoms with van der Waals surface area (Å²) in [4.78, 5) is 11.5. The van der Waals surface area contributed by atoms with Gasteiger partial charge in [0.05, 0.1) is 12.2 Å². The zero-order valence-electron chi connectivity index (χ0n) is 9.33. The zero-order chi connectivity index (χ0) is 12.6. The van der Waals surface area contributed by atoms with Gasteiger partial charge in [0.15, 0.2) is 0 Å². The standard InChI is InChI=1S/C12H14O5/c1-6(13)9(15)5-10-7-3-2-4-8(14)11(7)12(16)17-10/h2-4,6,9-10,13-15H,5H2,1H3/t6-,9+,10-/m1/s1. The monoisotopic (exact) mass is 238 g/mol. The van der Waals surface area contributed by atoms with Crippen LogP contribution in [-0.2, 0) is 4.74 Å². The molecule has 3 N–H and O–H groups in total. The van der Waals surface area contributed by atoms with E-state index in [0.29, 0.717) is 5.56 Å². The van der Waals surface area contributed by atoms with E-state index >= 15 is 0 Å². The van der Waals surface area contributed by atoms with Gasteiger partial charge >= 0.3 is 5.97 Å². The molecule has 0 fully saturated rings. The van der Waals surface area contributed by atoms with E-state index in [-0.39, 0.29) is 17.7 Å². The maximum absolute atomic E-state index is 11.5. The van der Waals surface area contributed by atoms with Crippen molar-refractivity contribution in [1.29, 1.82) is 0 Å². The second kappa shape index (κ2) is 4.35. The fraction of sp³-hybridized carbons (Fsp3) is 0.417. The molecule has 1 aliphatic heterocycles. The topological polar surface area (TPSA) is 87.0 Å². The first-order chi connectivity index (χ1) is 8.00. The van der Waals surface area contributed by atoms with E-state index in [1.165, 1.54) is 13.0 Å². The van der Waals surface area contributed by atoms with Crippen LogP contribution < -0.4 is 0 Å². The van der Waals surface area contributed by atoms with Crippen molar-refractivity contribution < 1.29 is 24.9 Å². The lowest BCUT2D eigenvalue weighted by Gasteiger charge is -2.17. The number of aromatic hydroxyl groups is 1. The molecule has 0 saturated heterocycles. The lowest BCUT2D eigenvalue weighted by atomic mass is 9.98. The van der Waals surface area contributed by atoms with E-state index in [4.69, 9.17) is 4.74 Å². The highest BCUT2D eigenvalue weighted by atomic mass is 16.5. The van der Waals surface area contributed by atoms with E-state index in [2.05, 4.69) is 0 Å². The first kappa shape index (κ1) is 11.9. The number of carbonyl (C=O) groups excluding carboxylic acids is 1. The predicted octanol–water partition coefficient (Wildman–Crippen LogP) is 0.735. The molecule has 17 heavy (non-hydrogen) atoms. The number of ether oxygens (including phenoxy) is 1. The highest BCUT2D eigenvalue weighted by molar-refractivity contribution is 5.96. The highest BCUT2D eigenvalue weighted by Crippen LogP contribution is 2.38. The molecule has 1 aliphatic rings. The van der Waals surface area contributed by atoms with Crippen molar-refractivity contribution in [3.05, 3.63) is 29.3 Å². The van der Waals surface area contributed by atoms with E-state index in [9.17, 15) is 20.1 Å². The molecule has 1 aromatic carbocycles. The van der Waals surface area contributed by atoms with Crippen molar-refractivity contribution in [3.8, 4) is 5.75 Å². The van der Waals surface area contributed by atoms with Crippen LogP contribution in [0, 0.1) is 0 Å². The van der Waals surface area contributed by atoms with Crippen LogP contribution in [0.1, 0.15) is 35.4 Å². The number of aliphatic hydroxyl groups excluding tert-OH is 2. The van der Waals surface area contributed by atoms with Crippen LogP contribution in [0.5, 0.6) is 5.75 Å². The van der Waals surface area contributed by atoms with Crippen LogP contribution in [0.25, 0.3) is 0 Å².